The first-order valence-electron chi connectivity index (χ1n) is 5.66. The number of carbonyl (C=O) groups is 1. The predicted octanol–water partition coefficient (Wildman–Crippen LogP) is 2.74. The molecular formula is C14H11N3O. The predicted molar refractivity (Wildman–Crippen MR) is 71.3 cm³/mol. The highest BCUT2D eigenvalue weighted by molar-refractivity contribution is 6.09. The number of fused-ring (bicyclic) bond motifs is 3. The van der Waals surface area contributed by atoms with E-state index in [1.54, 1.807) is 12.4 Å². The van der Waals surface area contributed by atoms with Crippen LogP contribution in [0.4, 0.5) is 5.69 Å². The second-order valence-electron chi connectivity index (χ2n) is 4.08. The molecular weight excluding hydrogens is 226 g/mol. The Balaban J connectivity index is 2.36. The molecule has 2 aromatic heterocycles. The fraction of sp³-hybridized carbons (Fsp3) is 0.0714. The monoisotopic (exact) mass is 237 g/mol. The lowest BCUT2D eigenvalue weighted by atomic mass is 10.1. The summed E-state index contributed by atoms with van der Waals surface area (Å²) in [5, 5.41) is 4.82. The summed E-state index contributed by atoms with van der Waals surface area (Å²) < 4.78 is 0. The van der Waals surface area contributed by atoms with Crippen LogP contribution < -0.4 is 5.32 Å². The number of nitrogens with zero attached hydrogens (tertiary/aromatic N) is 2. The van der Waals surface area contributed by atoms with Crippen molar-refractivity contribution in [2.45, 2.75) is 6.92 Å². The van der Waals surface area contributed by atoms with Crippen LogP contribution in [0.25, 0.3) is 21.8 Å². The fourth-order valence-corrected chi connectivity index (χ4v) is 2.06. The number of aromatic nitrogens is 2. The Hall–Kier alpha value is -2.49. The summed E-state index contributed by atoms with van der Waals surface area (Å²) in [6.45, 7) is 1.49. The van der Waals surface area contributed by atoms with Gasteiger partial charge in [-0.05, 0) is 12.1 Å². The molecule has 0 aliphatic carbocycles. The van der Waals surface area contributed by atoms with Crippen molar-refractivity contribution in [1.29, 1.82) is 0 Å². The number of nitrogens with one attached hydrogen (secondary N) is 1. The van der Waals surface area contributed by atoms with Gasteiger partial charge in [-0.3, -0.25) is 14.8 Å². The zero-order chi connectivity index (χ0) is 12.5. The summed E-state index contributed by atoms with van der Waals surface area (Å²) in [7, 11) is 0. The van der Waals surface area contributed by atoms with E-state index in [9.17, 15) is 4.79 Å². The van der Waals surface area contributed by atoms with Gasteiger partial charge in [0.1, 0.15) is 0 Å². The first-order chi connectivity index (χ1) is 8.75. The van der Waals surface area contributed by atoms with E-state index in [0.717, 1.165) is 27.5 Å². The van der Waals surface area contributed by atoms with Crippen molar-refractivity contribution >= 4 is 33.4 Å². The van der Waals surface area contributed by atoms with Crippen molar-refractivity contribution in [3.05, 3.63) is 42.7 Å². The maximum absolute atomic E-state index is 11.2. The van der Waals surface area contributed by atoms with Crippen molar-refractivity contribution in [1.82, 2.24) is 9.97 Å². The van der Waals surface area contributed by atoms with Gasteiger partial charge in [-0.1, -0.05) is 18.2 Å². The third kappa shape index (κ3) is 1.68. The van der Waals surface area contributed by atoms with Gasteiger partial charge in [0, 0.05) is 23.9 Å². The Kier molecular flexibility index (Phi) is 2.41. The van der Waals surface area contributed by atoms with E-state index in [2.05, 4.69) is 15.3 Å². The molecule has 0 fully saturated rings. The van der Waals surface area contributed by atoms with E-state index in [4.69, 9.17) is 0 Å². The van der Waals surface area contributed by atoms with Crippen molar-refractivity contribution in [3.8, 4) is 0 Å². The number of pyridine rings is 2. The average Bonchev–Trinajstić information content (AvgIpc) is 2.38. The Bertz CT molecular complexity index is 752. The molecule has 3 rings (SSSR count). The van der Waals surface area contributed by atoms with E-state index in [-0.39, 0.29) is 5.91 Å². The molecule has 4 heteroatoms. The van der Waals surface area contributed by atoms with Crippen LogP contribution in [0.15, 0.2) is 42.7 Å². The maximum atomic E-state index is 11.2. The Morgan fingerprint density at radius 1 is 1.11 bits per heavy atom. The summed E-state index contributed by atoms with van der Waals surface area (Å²) >= 11 is 0. The number of amides is 1. The van der Waals surface area contributed by atoms with Crippen molar-refractivity contribution in [2.24, 2.45) is 0 Å². The third-order valence-electron chi connectivity index (χ3n) is 2.79. The van der Waals surface area contributed by atoms with Gasteiger partial charge >= 0.3 is 0 Å². The first-order valence-corrected chi connectivity index (χ1v) is 5.66. The van der Waals surface area contributed by atoms with Crippen LogP contribution in [0.2, 0.25) is 0 Å². The molecule has 1 aromatic carbocycles. The number of rotatable bonds is 1. The standard InChI is InChI=1S/C14H11N3O/c1-9(18)17-12-6-2-4-11-10-5-3-7-15-13(10)8-16-14(11)12/h2-8H,1H3,(H,17,18). The lowest BCUT2D eigenvalue weighted by Crippen LogP contribution is -2.06. The minimum atomic E-state index is -0.101. The Morgan fingerprint density at radius 3 is 2.78 bits per heavy atom. The van der Waals surface area contributed by atoms with Crippen LogP contribution in [0.5, 0.6) is 0 Å². The number of anilines is 1. The van der Waals surface area contributed by atoms with Gasteiger partial charge in [0.15, 0.2) is 0 Å². The normalized spacial score (nSPS) is 10.7. The number of para-hydroxylation sites is 1. The topological polar surface area (TPSA) is 54.9 Å². The van der Waals surface area contributed by atoms with Crippen LogP contribution in [0.3, 0.4) is 0 Å². The van der Waals surface area contributed by atoms with Crippen LogP contribution in [-0.2, 0) is 4.79 Å². The summed E-state index contributed by atoms with van der Waals surface area (Å²) in [5.41, 5.74) is 2.36. The van der Waals surface area contributed by atoms with Gasteiger partial charge < -0.3 is 5.32 Å². The van der Waals surface area contributed by atoms with Crippen LogP contribution in [0, 0.1) is 0 Å². The molecule has 88 valence electrons. The third-order valence-corrected chi connectivity index (χ3v) is 2.79. The first kappa shape index (κ1) is 10.7. The summed E-state index contributed by atoms with van der Waals surface area (Å²) in [4.78, 5) is 19.8. The second kappa shape index (κ2) is 4.07. The van der Waals surface area contributed by atoms with Crippen molar-refractivity contribution in [3.63, 3.8) is 0 Å². The minimum Gasteiger partial charge on any atom is -0.324 e. The second-order valence-corrected chi connectivity index (χ2v) is 4.08. The van der Waals surface area contributed by atoms with Crippen molar-refractivity contribution < 1.29 is 4.79 Å². The summed E-state index contributed by atoms with van der Waals surface area (Å²) in [6, 6.07) is 9.63. The number of benzene rings is 1. The van der Waals surface area contributed by atoms with Gasteiger partial charge in [-0.2, -0.15) is 0 Å². The maximum Gasteiger partial charge on any atom is 0.221 e. The van der Waals surface area contributed by atoms with Crippen LogP contribution in [-0.4, -0.2) is 15.9 Å². The van der Waals surface area contributed by atoms with Crippen LogP contribution in [0.1, 0.15) is 6.92 Å². The van der Waals surface area contributed by atoms with Crippen LogP contribution >= 0.6 is 0 Å². The lowest BCUT2D eigenvalue weighted by Gasteiger charge is -2.07. The molecule has 1 amide bonds. The average molecular weight is 237 g/mol. The highest BCUT2D eigenvalue weighted by atomic mass is 16.1. The Labute approximate surface area is 104 Å². The van der Waals surface area contributed by atoms with Gasteiger partial charge in [0.25, 0.3) is 0 Å². The molecule has 1 N–H and O–H groups in total. The molecule has 18 heavy (non-hydrogen) atoms. The molecule has 2 heterocycles. The molecule has 0 aliphatic heterocycles. The zero-order valence-electron chi connectivity index (χ0n) is 9.84. The van der Waals surface area contributed by atoms with Gasteiger partial charge in [-0.15, -0.1) is 0 Å². The number of hydrogen-bond donors (Lipinski definition) is 1. The SMILES string of the molecule is CC(=O)Nc1cccc2c1ncc1ncccc12. The van der Waals surface area contributed by atoms with E-state index in [0.29, 0.717) is 0 Å². The molecule has 4 nitrogen and oxygen atoms in total. The Morgan fingerprint density at radius 2 is 1.94 bits per heavy atom. The molecule has 0 radical (unpaired) electrons. The number of hydrogen-bond acceptors (Lipinski definition) is 3. The van der Waals surface area contributed by atoms with Crippen molar-refractivity contribution in [2.75, 3.05) is 5.32 Å². The largest absolute Gasteiger partial charge is 0.324 e. The number of carbonyl (C=O) groups excluding carboxylic acids is 1. The fourth-order valence-electron chi connectivity index (χ4n) is 2.06. The quantitative estimate of drug-likeness (QED) is 0.662. The molecule has 0 atom stereocenters. The lowest BCUT2D eigenvalue weighted by molar-refractivity contribution is -0.114. The van der Waals surface area contributed by atoms with E-state index < -0.39 is 0 Å². The van der Waals surface area contributed by atoms with Gasteiger partial charge in [0.05, 0.1) is 22.9 Å². The molecule has 0 saturated carbocycles. The molecule has 3 aromatic rings. The molecule has 0 aliphatic rings. The minimum absolute atomic E-state index is 0.101. The summed E-state index contributed by atoms with van der Waals surface area (Å²) in [6.07, 6.45) is 3.47. The molecule has 0 saturated heterocycles. The highest BCUT2D eigenvalue weighted by Crippen LogP contribution is 2.27. The smallest absolute Gasteiger partial charge is 0.221 e. The van der Waals surface area contributed by atoms with Gasteiger partial charge in [-0.25, -0.2) is 0 Å². The summed E-state index contributed by atoms with van der Waals surface area (Å²) in [5.74, 6) is -0.101. The van der Waals surface area contributed by atoms with Gasteiger partial charge in [0.2, 0.25) is 5.91 Å². The highest BCUT2D eigenvalue weighted by Gasteiger charge is 2.06. The van der Waals surface area contributed by atoms with E-state index >= 15 is 0 Å². The van der Waals surface area contributed by atoms with E-state index in [1.165, 1.54) is 6.92 Å². The molecule has 0 bridgehead atoms. The van der Waals surface area contributed by atoms with E-state index in [1.807, 2.05) is 30.3 Å². The molecule has 0 spiro atoms. The zero-order valence-corrected chi connectivity index (χ0v) is 9.84. The molecule has 0 unspecified atom stereocenters.